The smallest absolute Gasteiger partial charge is 0.161 e. The molecule has 0 aliphatic carbocycles. The molecule has 1 heterocycles. The van der Waals surface area contributed by atoms with E-state index in [1.54, 1.807) is 30.3 Å². The average Bonchev–Trinajstić information content (AvgIpc) is 2.82. The van der Waals surface area contributed by atoms with Gasteiger partial charge in [-0.2, -0.15) is 0 Å². The summed E-state index contributed by atoms with van der Waals surface area (Å²) in [5.74, 6) is 0.206. The Balaban J connectivity index is 1.83. The van der Waals surface area contributed by atoms with Crippen LogP contribution in [-0.4, -0.2) is 10.1 Å². The number of hydrogen-bond acceptors (Lipinski definition) is 2. The van der Waals surface area contributed by atoms with Crippen LogP contribution in [-0.2, 0) is 6.61 Å². The first-order valence-electron chi connectivity index (χ1n) is 5.91. The normalized spacial score (nSPS) is 10.8. The van der Waals surface area contributed by atoms with Gasteiger partial charge in [-0.1, -0.05) is 24.3 Å². The maximum absolute atomic E-state index is 13.5. The number of rotatable bonds is 3. The quantitative estimate of drug-likeness (QED) is 0.753. The molecule has 0 aliphatic heterocycles. The Morgan fingerprint density at radius 2 is 1.95 bits per heavy atom. The van der Waals surface area contributed by atoms with E-state index in [1.165, 1.54) is 6.07 Å². The van der Waals surface area contributed by atoms with E-state index in [4.69, 9.17) is 4.74 Å². The number of halogens is 1. The third kappa shape index (κ3) is 2.25. The molecule has 96 valence electrons. The lowest BCUT2D eigenvalue weighted by Gasteiger charge is -2.05. The number of phenolic OH excluding ortho intramolecular Hbond substituents is 1. The highest BCUT2D eigenvalue weighted by atomic mass is 19.1. The van der Waals surface area contributed by atoms with Crippen molar-refractivity contribution in [3.8, 4) is 11.5 Å². The van der Waals surface area contributed by atoms with E-state index in [0.717, 1.165) is 11.1 Å². The maximum Gasteiger partial charge on any atom is 0.161 e. The monoisotopic (exact) mass is 257 g/mol. The van der Waals surface area contributed by atoms with Crippen molar-refractivity contribution in [1.82, 2.24) is 4.98 Å². The van der Waals surface area contributed by atoms with Crippen LogP contribution in [0.25, 0.3) is 10.9 Å². The van der Waals surface area contributed by atoms with E-state index in [2.05, 4.69) is 4.98 Å². The van der Waals surface area contributed by atoms with Crippen molar-refractivity contribution in [1.29, 1.82) is 0 Å². The second-order valence-corrected chi connectivity index (χ2v) is 4.26. The Labute approximate surface area is 109 Å². The van der Waals surface area contributed by atoms with Gasteiger partial charge in [0.1, 0.15) is 12.4 Å². The molecule has 0 aliphatic rings. The summed E-state index contributed by atoms with van der Waals surface area (Å²) in [6, 6.07) is 13.5. The lowest BCUT2D eigenvalue weighted by atomic mass is 10.2. The van der Waals surface area contributed by atoms with Gasteiger partial charge in [-0.15, -0.1) is 0 Å². The zero-order valence-corrected chi connectivity index (χ0v) is 10.1. The fourth-order valence-electron chi connectivity index (χ4n) is 1.99. The summed E-state index contributed by atoms with van der Waals surface area (Å²) < 4.78 is 19.0. The summed E-state index contributed by atoms with van der Waals surface area (Å²) in [6.45, 7) is 0.242. The van der Waals surface area contributed by atoms with Crippen LogP contribution in [0.2, 0.25) is 0 Å². The van der Waals surface area contributed by atoms with Crippen molar-refractivity contribution >= 4 is 10.9 Å². The Morgan fingerprint density at radius 3 is 2.74 bits per heavy atom. The van der Waals surface area contributed by atoms with Crippen LogP contribution in [0.3, 0.4) is 0 Å². The minimum atomic E-state index is -0.286. The van der Waals surface area contributed by atoms with E-state index in [-0.39, 0.29) is 18.2 Å². The number of nitrogens with one attached hydrogen (secondary N) is 1. The molecule has 2 N–H and O–H groups in total. The number of aromatic hydroxyl groups is 1. The predicted molar refractivity (Wildman–Crippen MR) is 70.7 cm³/mol. The van der Waals surface area contributed by atoms with E-state index in [1.807, 2.05) is 12.1 Å². The van der Waals surface area contributed by atoms with Crippen LogP contribution in [0.5, 0.6) is 11.5 Å². The van der Waals surface area contributed by atoms with Crippen molar-refractivity contribution in [3.63, 3.8) is 0 Å². The van der Waals surface area contributed by atoms with Crippen molar-refractivity contribution in [3.05, 3.63) is 60.0 Å². The molecule has 0 fully saturated rings. The van der Waals surface area contributed by atoms with Crippen molar-refractivity contribution in [2.45, 2.75) is 6.61 Å². The molecule has 0 unspecified atom stereocenters. The number of phenols is 1. The number of fused-ring (bicyclic) bond motifs is 1. The van der Waals surface area contributed by atoms with Crippen LogP contribution in [0.4, 0.5) is 4.39 Å². The standard InChI is InChI=1S/C15H12FNO2/c16-12-5-3-4-10-8-11(17-15(10)12)9-19-14-7-2-1-6-13(14)18/h1-8,17-18H,9H2. The Bertz CT molecular complexity index is 721. The first kappa shape index (κ1) is 11.6. The highest BCUT2D eigenvalue weighted by molar-refractivity contribution is 5.80. The summed E-state index contributed by atoms with van der Waals surface area (Å²) >= 11 is 0. The van der Waals surface area contributed by atoms with Gasteiger partial charge < -0.3 is 14.8 Å². The molecule has 2 aromatic carbocycles. The Morgan fingerprint density at radius 1 is 1.11 bits per heavy atom. The topological polar surface area (TPSA) is 45.2 Å². The van der Waals surface area contributed by atoms with Gasteiger partial charge in [-0.3, -0.25) is 0 Å². The maximum atomic E-state index is 13.5. The van der Waals surface area contributed by atoms with Crippen molar-refractivity contribution in [2.75, 3.05) is 0 Å². The molecule has 0 radical (unpaired) electrons. The number of aromatic amines is 1. The summed E-state index contributed by atoms with van der Waals surface area (Å²) in [5, 5.41) is 10.4. The van der Waals surface area contributed by atoms with Crippen LogP contribution in [0, 0.1) is 5.82 Å². The lowest BCUT2D eigenvalue weighted by molar-refractivity contribution is 0.285. The first-order chi connectivity index (χ1) is 9.24. The van der Waals surface area contributed by atoms with Gasteiger partial charge in [0.15, 0.2) is 11.5 Å². The number of H-pyrrole nitrogens is 1. The summed E-state index contributed by atoms with van der Waals surface area (Å²) in [6.07, 6.45) is 0. The van der Waals surface area contributed by atoms with Crippen molar-refractivity contribution < 1.29 is 14.2 Å². The average molecular weight is 257 g/mol. The zero-order chi connectivity index (χ0) is 13.2. The molecule has 1 aromatic heterocycles. The van der Waals surface area contributed by atoms with Gasteiger partial charge in [0.05, 0.1) is 11.2 Å². The van der Waals surface area contributed by atoms with Gasteiger partial charge in [-0.05, 0) is 24.3 Å². The molecular weight excluding hydrogens is 245 g/mol. The second kappa shape index (κ2) is 4.65. The minimum Gasteiger partial charge on any atom is -0.504 e. The summed E-state index contributed by atoms with van der Waals surface area (Å²) in [5.41, 5.74) is 1.22. The zero-order valence-electron chi connectivity index (χ0n) is 10.1. The number of benzene rings is 2. The van der Waals surface area contributed by atoms with Gasteiger partial charge in [0.2, 0.25) is 0 Å². The van der Waals surface area contributed by atoms with Crippen LogP contribution >= 0.6 is 0 Å². The molecule has 0 atom stereocenters. The third-order valence-electron chi connectivity index (χ3n) is 2.91. The SMILES string of the molecule is Oc1ccccc1OCc1cc2cccc(F)c2[nH]1. The van der Waals surface area contributed by atoms with Gasteiger partial charge in [0, 0.05) is 5.39 Å². The van der Waals surface area contributed by atoms with E-state index in [0.29, 0.717) is 11.3 Å². The predicted octanol–water partition coefficient (Wildman–Crippen LogP) is 3.59. The Kier molecular flexibility index (Phi) is 2.83. The minimum absolute atomic E-state index is 0.0878. The molecule has 0 bridgehead atoms. The second-order valence-electron chi connectivity index (χ2n) is 4.26. The molecule has 19 heavy (non-hydrogen) atoms. The van der Waals surface area contributed by atoms with Crippen LogP contribution < -0.4 is 4.74 Å². The highest BCUT2D eigenvalue weighted by Crippen LogP contribution is 2.26. The third-order valence-corrected chi connectivity index (χ3v) is 2.91. The van der Waals surface area contributed by atoms with E-state index in [9.17, 15) is 9.50 Å². The molecule has 3 nitrogen and oxygen atoms in total. The van der Waals surface area contributed by atoms with Gasteiger partial charge >= 0.3 is 0 Å². The molecule has 0 spiro atoms. The fourth-order valence-corrected chi connectivity index (χ4v) is 1.99. The Hall–Kier alpha value is -2.49. The van der Waals surface area contributed by atoms with Crippen LogP contribution in [0.15, 0.2) is 48.5 Å². The van der Waals surface area contributed by atoms with E-state index < -0.39 is 0 Å². The molecule has 3 rings (SSSR count). The van der Waals surface area contributed by atoms with Gasteiger partial charge in [0.25, 0.3) is 0 Å². The molecular formula is C15H12FNO2. The summed E-state index contributed by atoms with van der Waals surface area (Å²) in [7, 11) is 0. The van der Waals surface area contributed by atoms with E-state index >= 15 is 0 Å². The van der Waals surface area contributed by atoms with Crippen LogP contribution in [0.1, 0.15) is 5.69 Å². The number of aromatic nitrogens is 1. The molecule has 3 aromatic rings. The summed E-state index contributed by atoms with van der Waals surface area (Å²) in [4.78, 5) is 2.97. The van der Waals surface area contributed by atoms with Crippen molar-refractivity contribution in [2.24, 2.45) is 0 Å². The molecule has 4 heteroatoms. The fraction of sp³-hybridized carbons (Fsp3) is 0.0667. The molecule has 0 saturated heterocycles. The lowest BCUT2D eigenvalue weighted by Crippen LogP contribution is -1.95. The number of hydrogen-bond donors (Lipinski definition) is 2. The number of ether oxygens (including phenoxy) is 1. The number of para-hydroxylation sites is 3. The largest absolute Gasteiger partial charge is 0.504 e. The molecule has 0 amide bonds. The first-order valence-corrected chi connectivity index (χ1v) is 5.91. The highest BCUT2D eigenvalue weighted by Gasteiger charge is 2.06. The molecule has 0 saturated carbocycles. The van der Waals surface area contributed by atoms with Gasteiger partial charge in [-0.25, -0.2) is 4.39 Å².